The highest BCUT2D eigenvalue weighted by molar-refractivity contribution is 6.33. The van der Waals surface area contributed by atoms with E-state index in [2.05, 4.69) is 15.6 Å². The van der Waals surface area contributed by atoms with Crippen LogP contribution in [0.3, 0.4) is 0 Å². The van der Waals surface area contributed by atoms with Crippen molar-refractivity contribution in [1.82, 2.24) is 10.3 Å². The first-order valence-corrected chi connectivity index (χ1v) is 6.50. The maximum atomic E-state index is 12.5. The van der Waals surface area contributed by atoms with Crippen molar-refractivity contribution >= 4 is 23.3 Å². The Morgan fingerprint density at radius 3 is 2.77 bits per heavy atom. The van der Waals surface area contributed by atoms with Crippen LogP contribution in [-0.2, 0) is 17.5 Å². The fourth-order valence-corrected chi connectivity index (χ4v) is 1.78. The summed E-state index contributed by atoms with van der Waals surface area (Å²) in [7, 11) is 0. The van der Waals surface area contributed by atoms with E-state index in [1.54, 1.807) is 12.1 Å². The van der Waals surface area contributed by atoms with Gasteiger partial charge in [0.2, 0.25) is 5.91 Å². The van der Waals surface area contributed by atoms with E-state index in [-0.39, 0.29) is 29.8 Å². The van der Waals surface area contributed by atoms with E-state index in [1.807, 2.05) is 0 Å². The van der Waals surface area contributed by atoms with Crippen LogP contribution in [-0.4, -0.2) is 17.4 Å². The van der Waals surface area contributed by atoms with Crippen molar-refractivity contribution in [3.8, 4) is 0 Å². The molecule has 2 aromatic rings. The van der Waals surface area contributed by atoms with E-state index in [0.29, 0.717) is 12.0 Å². The van der Waals surface area contributed by atoms with Gasteiger partial charge >= 0.3 is 6.18 Å². The van der Waals surface area contributed by atoms with E-state index < -0.39 is 11.7 Å². The van der Waals surface area contributed by atoms with Gasteiger partial charge in [-0.25, -0.2) is 4.98 Å². The number of alkyl halides is 3. The van der Waals surface area contributed by atoms with E-state index in [0.717, 1.165) is 6.07 Å². The molecule has 0 unspecified atom stereocenters. The zero-order valence-electron chi connectivity index (χ0n) is 11.1. The van der Waals surface area contributed by atoms with E-state index >= 15 is 0 Å². The number of hydrogen-bond acceptors (Lipinski definition) is 4. The predicted octanol–water partition coefficient (Wildman–Crippen LogP) is 3.08. The Hall–Kier alpha value is -2.22. The number of aromatic nitrogens is 1. The van der Waals surface area contributed by atoms with Gasteiger partial charge in [0.25, 0.3) is 0 Å². The molecule has 0 saturated heterocycles. The Kier molecular flexibility index (Phi) is 4.92. The first-order valence-electron chi connectivity index (χ1n) is 6.12. The Balaban J connectivity index is 1.87. The molecule has 5 nitrogen and oxygen atoms in total. The largest absolute Gasteiger partial charge is 0.467 e. The van der Waals surface area contributed by atoms with Crippen LogP contribution >= 0.6 is 11.6 Å². The molecule has 0 aliphatic carbocycles. The van der Waals surface area contributed by atoms with Crippen LogP contribution in [0.1, 0.15) is 11.3 Å². The SMILES string of the molecule is O=C(CNc1ncc(C(F)(F)F)cc1Cl)NCc1ccco1. The molecule has 0 fully saturated rings. The van der Waals surface area contributed by atoms with Gasteiger partial charge in [0, 0.05) is 6.20 Å². The molecule has 0 atom stereocenters. The number of nitrogens with zero attached hydrogens (tertiary/aromatic N) is 1. The number of pyridine rings is 1. The van der Waals surface area contributed by atoms with Crippen molar-refractivity contribution in [3.63, 3.8) is 0 Å². The Labute approximate surface area is 128 Å². The Morgan fingerprint density at radius 1 is 1.41 bits per heavy atom. The number of nitrogens with one attached hydrogen (secondary N) is 2. The highest BCUT2D eigenvalue weighted by atomic mass is 35.5. The predicted molar refractivity (Wildman–Crippen MR) is 73.3 cm³/mol. The lowest BCUT2D eigenvalue weighted by Crippen LogP contribution is -2.29. The van der Waals surface area contributed by atoms with Crippen molar-refractivity contribution in [2.24, 2.45) is 0 Å². The van der Waals surface area contributed by atoms with Gasteiger partial charge in [-0.2, -0.15) is 13.2 Å². The van der Waals surface area contributed by atoms with Crippen LogP contribution in [0.2, 0.25) is 5.02 Å². The maximum absolute atomic E-state index is 12.5. The third-order valence-corrected chi connectivity index (χ3v) is 2.91. The molecule has 22 heavy (non-hydrogen) atoms. The summed E-state index contributed by atoms with van der Waals surface area (Å²) in [5, 5.41) is 4.92. The number of carbonyl (C=O) groups is 1. The number of hydrogen-bond donors (Lipinski definition) is 2. The fraction of sp³-hybridized carbons (Fsp3) is 0.231. The van der Waals surface area contributed by atoms with Crippen molar-refractivity contribution in [3.05, 3.63) is 47.0 Å². The van der Waals surface area contributed by atoms with Crippen LogP contribution < -0.4 is 10.6 Å². The van der Waals surface area contributed by atoms with Crippen molar-refractivity contribution in [1.29, 1.82) is 0 Å². The van der Waals surface area contributed by atoms with Crippen molar-refractivity contribution in [2.45, 2.75) is 12.7 Å². The molecule has 2 heterocycles. The molecule has 0 aliphatic heterocycles. The molecule has 0 aromatic carbocycles. The lowest BCUT2D eigenvalue weighted by molar-refractivity contribution is -0.137. The molecular formula is C13H11ClF3N3O2. The summed E-state index contributed by atoms with van der Waals surface area (Å²) in [5.74, 6) is 0.205. The van der Waals surface area contributed by atoms with Crippen LogP contribution in [0.5, 0.6) is 0 Å². The molecule has 1 amide bonds. The minimum Gasteiger partial charge on any atom is -0.467 e. The number of halogens is 4. The van der Waals surface area contributed by atoms with Crippen LogP contribution in [0.25, 0.3) is 0 Å². The lowest BCUT2D eigenvalue weighted by atomic mass is 10.3. The van der Waals surface area contributed by atoms with Gasteiger partial charge in [0.05, 0.1) is 29.9 Å². The molecule has 0 saturated carbocycles. The van der Waals surface area contributed by atoms with E-state index in [1.165, 1.54) is 6.26 Å². The zero-order chi connectivity index (χ0) is 16.2. The van der Waals surface area contributed by atoms with Crippen LogP contribution in [0, 0.1) is 0 Å². The third kappa shape index (κ3) is 4.39. The van der Waals surface area contributed by atoms with Crippen molar-refractivity contribution < 1.29 is 22.4 Å². The van der Waals surface area contributed by atoms with Crippen LogP contribution in [0.15, 0.2) is 35.1 Å². The first-order chi connectivity index (χ1) is 10.4. The van der Waals surface area contributed by atoms with Crippen LogP contribution in [0.4, 0.5) is 19.0 Å². The number of amides is 1. The molecule has 2 rings (SSSR count). The Morgan fingerprint density at radius 2 is 2.18 bits per heavy atom. The molecule has 2 N–H and O–H groups in total. The zero-order valence-corrected chi connectivity index (χ0v) is 11.8. The summed E-state index contributed by atoms with van der Waals surface area (Å²) in [4.78, 5) is 15.1. The summed E-state index contributed by atoms with van der Waals surface area (Å²) in [6, 6.07) is 4.13. The summed E-state index contributed by atoms with van der Waals surface area (Å²) >= 11 is 5.71. The summed E-state index contributed by atoms with van der Waals surface area (Å²) in [5.41, 5.74) is -0.953. The minimum absolute atomic E-state index is 0.00261. The van der Waals surface area contributed by atoms with Gasteiger partial charge in [0.15, 0.2) is 0 Å². The van der Waals surface area contributed by atoms with E-state index in [4.69, 9.17) is 16.0 Å². The second-order valence-corrected chi connectivity index (χ2v) is 4.67. The van der Waals surface area contributed by atoms with Gasteiger partial charge in [-0.05, 0) is 18.2 Å². The summed E-state index contributed by atoms with van der Waals surface area (Å²) in [6.45, 7) is 0.0283. The number of carbonyl (C=O) groups excluding carboxylic acids is 1. The van der Waals surface area contributed by atoms with Gasteiger partial charge in [-0.1, -0.05) is 11.6 Å². The second-order valence-electron chi connectivity index (χ2n) is 4.26. The lowest BCUT2D eigenvalue weighted by Gasteiger charge is -2.10. The number of rotatable bonds is 5. The standard InChI is InChI=1S/C13H11ClF3N3O2/c14-10-4-8(13(15,16)17)5-19-12(10)20-7-11(21)18-6-9-2-1-3-22-9/h1-5H,6-7H2,(H,18,21)(H,19,20). The smallest absolute Gasteiger partial charge is 0.417 e. The molecule has 118 valence electrons. The molecule has 0 spiro atoms. The highest BCUT2D eigenvalue weighted by Crippen LogP contribution is 2.32. The summed E-state index contributed by atoms with van der Waals surface area (Å²) < 4.78 is 42.4. The van der Waals surface area contributed by atoms with Gasteiger partial charge in [-0.15, -0.1) is 0 Å². The quantitative estimate of drug-likeness (QED) is 0.882. The highest BCUT2D eigenvalue weighted by Gasteiger charge is 2.31. The number of furan rings is 1. The van der Waals surface area contributed by atoms with Gasteiger partial charge < -0.3 is 15.1 Å². The molecular weight excluding hydrogens is 323 g/mol. The van der Waals surface area contributed by atoms with Crippen molar-refractivity contribution in [2.75, 3.05) is 11.9 Å². The molecule has 0 bridgehead atoms. The van der Waals surface area contributed by atoms with E-state index in [9.17, 15) is 18.0 Å². The third-order valence-electron chi connectivity index (χ3n) is 2.62. The molecule has 9 heteroatoms. The van der Waals surface area contributed by atoms with Gasteiger partial charge in [0.1, 0.15) is 11.6 Å². The fourth-order valence-electron chi connectivity index (χ4n) is 1.55. The van der Waals surface area contributed by atoms with Gasteiger partial charge in [-0.3, -0.25) is 4.79 Å². The normalized spacial score (nSPS) is 11.3. The topological polar surface area (TPSA) is 67.2 Å². The Bertz CT molecular complexity index is 644. The molecule has 0 aliphatic rings. The minimum atomic E-state index is -4.52. The first kappa shape index (κ1) is 16.2. The average Bonchev–Trinajstić information content (AvgIpc) is 2.96. The number of anilines is 1. The molecule has 0 radical (unpaired) electrons. The monoisotopic (exact) mass is 333 g/mol. The molecule has 2 aromatic heterocycles. The average molecular weight is 334 g/mol. The second kappa shape index (κ2) is 6.69. The maximum Gasteiger partial charge on any atom is 0.417 e. The summed E-state index contributed by atoms with van der Waals surface area (Å²) in [6.07, 6.45) is -2.39.